The summed E-state index contributed by atoms with van der Waals surface area (Å²) in [5.41, 5.74) is 9.51. The molecule has 0 aliphatic heterocycles. The summed E-state index contributed by atoms with van der Waals surface area (Å²) < 4.78 is 7.40. The van der Waals surface area contributed by atoms with E-state index in [1.54, 1.807) is 0 Å². The molecule has 0 radical (unpaired) electrons. The first-order valence-electron chi connectivity index (χ1n) is 5.53. The van der Waals surface area contributed by atoms with Crippen molar-refractivity contribution in [2.75, 3.05) is 5.73 Å². The number of fused-ring (bicyclic) bond motifs is 1. The zero-order chi connectivity index (χ0) is 13.6. The van der Waals surface area contributed by atoms with Gasteiger partial charge < -0.3 is 10.2 Å². The van der Waals surface area contributed by atoms with Crippen LogP contribution < -0.4 is 5.73 Å². The molecule has 0 bridgehead atoms. The summed E-state index contributed by atoms with van der Waals surface area (Å²) in [6.45, 7) is 1.91. The van der Waals surface area contributed by atoms with Crippen LogP contribution in [-0.2, 0) is 0 Å². The molecule has 3 aromatic rings. The fourth-order valence-electron chi connectivity index (χ4n) is 1.79. The van der Waals surface area contributed by atoms with E-state index in [1.807, 2.05) is 31.2 Å². The Balaban J connectivity index is 2.24. The van der Waals surface area contributed by atoms with Crippen molar-refractivity contribution in [3.8, 4) is 11.5 Å². The number of hydrogen-bond donors (Lipinski definition) is 1. The van der Waals surface area contributed by atoms with Crippen LogP contribution >= 0.6 is 31.9 Å². The molecule has 0 aliphatic carbocycles. The van der Waals surface area contributed by atoms with Crippen molar-refractivity contribution >= 4 is 48.8 Å². The molecular weight excluding hydrogens is 374 g/mol. The van der Waals surface area contributed by atoms with E-state index >= 15 is 0 Å². The highest BCUT2D eigenvalue weighted by Gasteiger charge is 2.14. The van der Waals surface area contributed by atoms with Gasteiger partial charge in [0.15, 0.2) is 11.2 Å². The third-order valence-electron chi connectivity index (χ3n) is 2.72. The third-order valence-corrected chi connectivity index (χ3v) is 3.83. The average Bonchev–Trinajstić information content (AvgIpc) is 2.76. The van der Waals surface area contributed by atoms with Crippen LogP contribution in [0.15, 0.2) is 37.6 Å². The molecule has 0 atom stereocenters. The molecule has 1 aromatic carbocycles. The number of nitrogens with two attached hydrogens (primary N) is 1. The molecule has 3 rings (SSSR count). The van der Waals surface area contributed by atoms with Crippen LogP contribution in [-0.4, -0.2) is 9.97 Å². The maximum absolute atomic E-state index is 6.05. The number of rotatable bonds is 1. The van der Waals surface area contributed by atoms with Crippen LogP contribution in [0.4, 0.5) is 5.69 Å². The van der Waals surface area contributed by atoms with Crippen molar-refractivity contribution in [3.63, 3.8) is 0 Å². The van der Waals surface area contributed by atoms with E-state index < -0.39 is 0 Å². The van der Waals surface area contributed by atoms with Gasteiger partial charge in [0.25, 0.3) is 0 Å². The lowest BCUT2D eigenvalue weighted by atomic mass is 10.2. The minimum atomic E-state index is 0.465. The molecule has 19 heavy (non-hydrogen) atoms. The number of nitrogens with zero attached hydrogens (tertiary/aromatic N) is 2. The van der Waals surface area contributed by atoms with Crippen molar-refractivity contribution in [2.24, 2.45) is 0 Å². The Bertz CT molecular complexity index is 783. The lowest BCUT2D eigenvalue weighted by Gasteiger charge is -2.04. The second kappa shape index (κ2) is 4.61. The monoisotopic (exact) mass is 381 g/mol. The Morgan fingerprint density at radius 3 is 2.74 bits per heavy atom. The predicted molar refractivity (Wildman–Crippen MR) is 81.8 cm³/mol. The predicted octanol–water partition coefficient (Wildman–Crippen LogP) is 4.31. The average molecular weight is 383 g/mol. The van der Waals surface area contributed by atoms with Crippen molar-refractivity contribution in [1.82, 2.24) is 9.97 Å². The molecule has 0 unspecified atom stereocenters. The van der Waals surface area contributed by atoms with E-state index in [0.717, 1.165) is 20.2 Å². The Hall–Kier alpha value is -1.40. The fourth-order valence-corrected chi connectivity index (χ4v) is 3.02. The normalized spacial score (nSPS) is 11.1. The number of oxazole rings is 1. The summed E-state index contributed by atoms with van der Waals surface area (Å²) in [4.78, 5) is 8.71. The van der Waals surface area contributed by atoms with Gasteiger partial charge >= 0.3 is 0 Å². The first-order chi connectivity index (χ1) is 9.04. The Morgan fingerprint density at radius 2 is 1.95 bits per heavy atom. The van der Waals surface area contributed by atoms with Crippen molar-refractivity contribution < 1.29 is 4.42 Å². The molecule has 0 saturated heterocycles. The zero-order valence-electron chi connectivity index (χ0n) is 9.95. The van der Waals surface area contributed by atoms with Gasteiger partial charge in [-0.05, 0) is 47.1 Å². The number of aromatic nitrogens is 2. The molecule has 0 spiro atoms. The second-order valence-electron chi connectivity index (χ2n) is 4.14. The molecule has 2 N–H and O–H groups in total. The van der Waals surface area contributed by atoms with Crippen LogP contribution in [0.25, 0.3) is 22.7 Å². The van der Waals surface area contributed by atoms with Gasteiger partial charge in [0.05, 0.1) is 11.3 Å². The van der Waals surface area contributed by atoms with Gasteiger partial charge in [-0.1, -0.05) is 15.9 Å². The summed E-state index contributed by atoms with van der Waals surface area (Å²) >= 11 is 6.84. The first kappa shape index (κ1) is 12.6. The van der Waals surface area contributed by atoms with Gasteiger partial charge in [-0.3, -0.25) is 0 Å². The van der Waals surface area contributed by atoms with E-state index in [0.29, 0.717) is 22.8 Å². The highest BCUT2D eigenvalue weighted by molar-refractivity contribution is 9.11. The van der Waals surface area contributed by atoms with E-state index in [1.165, 1.54) is 0 Å². The van der Waals surface area contributed by atoms with E-state index in [9.17, 15) is 0 Å². The minimum absolute atomic E-state index is 0.465. The van der Waals surface area contributed by atoms with E-state index in [-0.39, 0.29) is 0 Å². The lowest BCUT2D eigenvalue weighted by Crippen LogP contribution is -1.92. The number of nitrogen functional groups attached to an aromatic ring is 1. The molecule has 4 nitrogen and oxygen atoms in total. The van der Waals surface area contributed by atoms with Gasteiger partial charge in [0, 0.05) is 14.6 Å². The van der Waals surface area contributed by atoms with Crippen LogP contribution in [0.3, 0.4) is 0 Å². The standard InChI is InChI=1S/C13H9Br2N3O/c1-6-2-3-10-12(17-6)18-13(19-10)8-4-7(14)5-9(15)11(8)16/h2-5H,16H2,1H3. The quantitative estimate of drug-likeness (QED) is 0.637. The number of anilines is 1. The summed E-state index contributed by atoms with van der Waals surface area (Å²) in [5, 5.41) is 0. The summed E-state index contributed by atoms with van der Waals surface area (Å²) in [5.74, 6) is 0.465. The molecule has 0 aliphatic rings. The van der Waals surface area contributed by atoms with Gasteiger partial charge in [0.2, 0.25) is 5.89 Å². The van der Waals surface area contributed by atoms with Crippen molar-refractivity contribution in [3.05, 3.63) is 38.9 Å². The molecule has 2 heterocycles. The highest BCUT2D eigenvalue weighted by atomic mass is 79.9. The number of halogens is 2. The molecule has 0 fully saturated rings. The smallest absolute Gasteiger partial charge is 0.231 e. The number of hydrogen-bond acceptors (Lipinski definition) is 4. The third kappa shape index (κ3) is 2.26. The molecule has 0 amide bonds. The minimum Gasteiger partial charge on any atom is -0.434 e. The number of benzene rings is 1. The number of pyridine rings is 1. The lowest BCUT2D eigenvalue weighted by molar-refractivity contribution is 0.620. The highest BCUT2D eigenvalue weighted by Crippen LogP contribution is 2.35. The number of aryl methyl sites for hydroxylation is 1. The topological polar surface area (TPSA) is 64.9 Å². The largest absolute Gasteiger partial charge is 0.434 e. The maximum atomic E-state index is 6.05. The van der Waals surface area contributed by atoms with Gasteiger partial charge in [-0.15, -0.1) is 0 Å². The Labute approximate surface area is 126 Å². The molecular formula is C13H9Br2N3O. The molecule has 2 aromatic heterocycles. The van der Waals surface area contributed by atoms with E-state index in [2.05, 4.69) is 41.8 Å². The molecule has 0 saturated carbocycles. The summed E-state index contributed by atoms with van der Waals surface area (Å²) in [6.07, 6.45) is 0. The molecule has 6 heteroatoms. The van der Waals surface area contributed by atoms with Crippen LogP contribution in [0.5, 0.6) is 0 Å². The van der Waals surface area contributed by atoms with Gasteiger partial charge in [-0.2, -0.15) is 4.98 Å². The fraction of sp³-hybridized carbons (Fsp3) is 0.0769. The summed E-state index contributed by atoms with van der Waals surface area (Å²) in [6, 6.07) is 7.50. The second-order valence-corrected chi connectivity index (χ2v) is 5.91. The molecule has 96 valence electrons. The van der Waals surface area contributed by atoms with E-state index in [4.69, 9.17) is 10.2 Å². The Morgan fingerprint density at radius 1 is 1.16 bits per heavy atom. The van der Waals surface area contributed by atoms with Crippen LogP contribution in [0.2, 0.25) is 0 Å². The summed E-state index contributed by atoms with van der Waals surface area (Å²) in [7, 11) is 0. The van der Waals surface area contributed by atoms with Crippen molar-refractivity contribution in [1.29, 1.82) is 0 Å². The Kier molecular flexibility index (Phi) is 3.06. The maximum Gasteiger partial charge on any atom is 0.231 e. The van der Waals surface area contributed by atoms with Crippen molar-refractivity contribution in [2.45, 2.75) is 6.92 Å². The first-order valence-corrected chi connectivity index (χ1v) is 7.12. The van der Waals surface area contributed by atoms with Gasteiger partial charge in [-0.25, -0.2) is 4.98 Å². The SMILES string of the molecule is Cc1ccc2oc(-c3cc(Br)cc(Br)c3N)nc2n1. The van der Waals surface area contributed by atoms with Crippen LogP contribution in [0.1, 0.15) is 5.69 Å². The van der Waals surface area contributed by atoms with Crippen LogP contribution in [0, 0.1) is 6.92 Å². The van der Waals surface area contributed by atoms with Gasteiger partial charge in [0.1, 0.15) is 0 Å². The zero-order valence-corrected chi connectivity index (χ0v) is 13.1.